The first-order valence-electron chi connectivity index (χ1n) is 10.8. The summed E-state index contributed by atoms with van der Waals surface area (Å²) in [6.07, 6.45) is 4.90. The lowest BCUT2D eigenvalue weighted by Crippen LogP contribution is -2.50. The predicted molar refractivity (Wildman–Crippen MR) is 112 cm³/mol. The zero-order valence-electron chi connectivity index (χ0n) is 17.6. The number of piperazine rings is 1. The molecule has 0 saturated carbocycles. The van der Waals surface area contributed by atoms with Crippen molar-refractivity contribution in [3.63, 3.8) is 0 Å². The van der Waals surface area contributed by atoms with Crippen LogP contribution in [0.5, 0.6) is 0 Å². The molecule has 2 N–H and O–H groups in total. The van der Waals surface area contributed by atoms with Crippen molar-refractivity contribution >= 4 is 5.96 Å². The monoisotopic (exact) mass is 366 g/mol. The van der Waals surface area contributed by atoms with Gasteiger partial charge >= 0.3 is 0 Å². The summed E-state index contributed by atoms with van der Waals surface area (Å²) >= 11 is 0. The van der Waals surface area contributed by atoms with Crippen molar-refractivity contribution in [1.82, 2.24) is 25.3 Å². The van der Waals surface area contributed by atoms with Gasteiger partial charge < -0.3 is 25.3 Å². The molecule has 2 saturated heterocycles. The minimum Gasteiger partial charge on any atom is -0.356 e. The zero-order chi connectivity index (χ0) is 18.8. The first kappa shape index (κ1) is 21.5. The van der Waals surface area contributed by atoms with Gasteiger partial charge in [-0.15, -0.1) is 0 Å². The lowest BCUT2D eigenvalue weighted by molar-refractivity contribution is 0.136. The van der Waals surface area contributed by atoms with Gasteiger partial charge in [-0.3, -0.25) is 4.99 Å². The average molecular weight is 367 g/mol. The van der Waals surface area contributed by atoms with Crippen molar-refractivity contribution in [2.24, 2.45) is 4.99 Å². The van der Waals surface area contributed by atoms with E-state index < -0.39 is 0 Å². The fourth-order valence-electron chi connectivity index (χ4n) is 3.94. The molecule has 2 fully saturated rings. The van der Waals surface area contributed by atoms with Crippen LogP contribution in [0.3, 0.4) is 0 Å². The van der Waals surface area contributed by atoms with Crippen LogP contribution < -0.4 is 10.6 Å². The number of piperidine rings is 1. The molecule has 0 spiro atoms. The van der Waals surface area contributed by atoms with E-state index in [1.807, 2.05) is 7.05 Å². The van der Waals surface area contributed by atoms with Crippen LogP contribution in [0.25, 0.3) is 0 Å². The summed E-state index contributed by atoms with van der Waals surface area (Å²) in [4.78, 5) is 12.1. The Labute approximate surface area is 161 Å². The van der Waals surface area contributed by atoms with E-state index in [1.165, 1.54) is 78.0 Å². The van der Waals surface area contributed by atoms with Gasteiger partial charge in [-0.1, -0.05) is 6.92 Å². The van der Waals surface area contributed by atoms with Crippen molar-refractivity contribution in [2.75, 3.05) is 66.0 Å². The summed E-state index contributed by atoms with van der Waals surface area (Å²) in [6, 6.07) is 1.23. The number of nitrogens with one attached hydrogen (secondary N) is 2. The highest BCUT2D eigenvalue weighted by molar-refractivity contribution is 5.79. The maximum atomic E-state index is 4.41. The molecule has 2 aliphatic rings. The van der Waals surface area contributed by atoms with Crippen LogP contribution in [0.15, 0.2) is 4.99 Å². The number of hydrogen-bond donors (Lipinski definition) is 2. The Bertz CT molecular complexity index is 395. The molecule has 152 valence electrons. The van der Waals surface area contributed by atoms with E-state index in [9.17, 15) is 0 Å². The highest BCUT2D eigenvalue weighted by Gasteiger charge is 2.21. The minimum absolute atomic E-state index is 0.561. The van der Waals surface area contributed by atoms with Gasteiger partial charge in [-0.2, -0.15) is 0 Å². The van der Waals surface area contributed by atoms with Gasteiger partial charge in [0.2, 0.25) is 0 Å². The van der Waals surface area contributed by atoms with Crippen molar-refractivity contribution in [2.45, 2.75) is 58.5 Å². The molecule has 26 heavy (non-hydrogen) atoms. The third-order valence-corrected chi connectivity index (χ3v) is 5.93. The number of unbranched alkanes of at least 4 members (excludes halogenated alkanes) is 1. The largest absolute Gasteiger partial charge is 0.356 e. The second-order valence-corrected chi connectivity index (χ2v) is 8.03. The molecule has 0 radical (unpaired) electrons. The molecule has 0 aromatic heterocycles. The zero-order valence-corrected chi connectivity index (χ0v) is 17.6. The molecule has 2 rings (SSSR count). The summed E-state index contributed by atoms with van der Waals surface area (Å²) in [5, 5.41) is 7.12. The van der Waals surface area contributed by atoms with Crippen LogP contribution in [-0.2, 0) is 0 Å². The minimum atomic E-state index is 0.561. The maximum Gasteiger partial charge on any atom is 0.191 e. The Morgan fingerprint density at radius 3 is 2.23 bits per heavy atom. The number of likely N-dealkylation sites (N-methyl/N-ethyl adjacent to an activating group) is 1. The van der Waals surface area contributed by atoms with Gasteiger partial charge in [-0.25, -0.2) is 0 Å². The summed E-state index contributed by atoms with van der Waals surface area (Å²) in [5.74, 6) is 0.976. The lowest BCUT2D eigenvalue weighted by atomic mass is 10.0. The van der Waals surface area contributed by atoms with Crippen molar-refractivity contribution < 1.29 is 0 Å². The topological polar surface area (TPSA) is 46.1 Å². The molecule has 2 heterocycles. The molecule has 0 aromatic rings. The quantitative estimate of drug-likeness (QED) is 0.387. The molecule has 0 bridgehead atoms. The normalized spacial score (nSPS) is 22.1. The van der Waals surface area contributed by atoms with Gasteiger partial charge in [0.1, 0.15) is 0 Å². The van der Waals surface area contributed by atoms with E-state index >= 15 is 0 Å². The van der Waals surface area contributed by atoms with Gasteiger partial charge in [0.15, 0.2) is 5.96 Å². The highest BCUT2D eigenvalue weighted by Crippen LogP contribution is 2.12. The van der Waals surface area contributed by atoms with Gasteiger partial charge in [0.05, 0.1) is 0 Å². The standard InChI is InChI=1S/C20H42N6/c1-5-24-14-16-25(17-15-24)11-7-6-10-22-20(21-4)23-19-8-12-26(13-9-19)18(2)3/h18-19H,5-17H2,1-4H3,(H2,21,22,23). The van der Waals surface area contributed by atoms with Gasteiger partial charge in [-0.05, 0) is 52.6 Å². The number of nitrogens with zero attached hydrogens (tertiary/aromatic N) is 4. The van der Waals surface area contributed by atoms with E-state index in [0.29, 0.717) is 12.1 Å². The van der Waals surface area contributed by atoms with E-state index in [0.717, 1.165) is 12.5 Å². The fraction of sp³-hybridized carbons (Fsp3) is 0.950. The van der Waals surface area contributed by atoms with Crippen LogP contribution in [0.4, 0.5) is 0 Å². The molecule has 0 unspecified atom stereocenters. The number of guanidine groups is 1. The van der Waals surface area contributed by atoms with E-state index in [1.54, 1.807) is 0 Å². The molecule has 2 aliphatic heterocycles. The maximum absolute atomic E-state index is 4.41. The van der Waals surface area contributed by atoms with Crippen LogP contribution in [0.1, 0.15) is 46.5 Å². The first-order chi connectivity index (χ1) is 12.6. The number of rotatable bonds is 8. The Morgan fingerprint density at radius 2 is 1.65 bits per heavy atom. The van der Waals surface area contributed by atoms with Crippen molar-refractivity contribution in [3.8, 4) is 0 Å². The fourth-order valence-corrected chi connectivity index (χ4v) is 3.94. The molecule has 6 heteroatoms. The number of aliphatic imine (C=N–C) groups is 1. The Morgan fingerprint density at radius 1 is 1.00 bits per heavy atom. The summed E-state index contributed by atoms with van der Waals surface area (Å²) in [7, 11) is 1.88. The van der Waals surface area contributed by atoms with Crippen molar-refractivity contribution in [3.05, 3.63) is 0 Å². The second kappa shape index (κ2) is 11.8. The average Bonchev–Trinajstić information content (AvgIpc) is 2.67. The predicted octanol–water partition coefficient (Wildman–Crippen LogP) is 1.44. The summed E-state index contributed by atoms with van der Waals surface area (Å²) < 4.78 is 0. The molecule has 6 nitrogen and oxygen atoms in total. The summed E-state index contributed by atoms with van der Waals surface area (Å²) in [6.45, 7) is 17.6. The smallest absolute Gasteiger partial charge is 0.191 e. The van der Waals surface area contributed by atoms with E-state index in [4.69, 9.17) is 0 Å². The third kappa shape index (κ3) is 7.41. The molecular formula is C20H42N6. The Kier molecular flexibility index (Phi) is 9.72. The number of likely N-dealkylation sites (tertiary alicyclic amines) is 1. The van der Waals surface area contributed by atoms with Crippen LogP contribution in [0, 0.1) is 0 Å². The molecular weight excluding hydrogens is 324 g/mol. The second-order valence-electron chi connectivity index (χ2n) is 8.03. The van der Waals surface area contributed by atoms with Crippen LogP contribution >= 0.6 is 0 Å². The third-order valence-electron chi connectivity index (χ3n) is 5.93. The van der Waals surface area contributed by atoms with Crippen LogP contribution in [-0.4, -0.2) is 98.7 Å². The van der Waals surface area contributed by atoms with Crippen LogP contribution in [0.2, 0.25) is 0 Å². The SMILES string of the molecule is CCN1CCN(CCCCNC(=NC)NC2CCN(C(C)C)CC2)CC1. The first-order valence-corrected chi connectivity index (χ1v) is 10.8. The van der Waals surface area contributed by atoms with Gasteiger partial charge in [0, 0.05) is 64.9 Å². The van der Waals surface area contributed by atoms with Crippen molar-refractivity contribution in [1.29, 1.82) is 0 Å². The molecule has 0 aromatic carbocycles. The lowest BCUT2D eigenvalue weighted by Gasteiger charge is -2.35. The number of hydrogen-bond acceptors (Lipinski definition) is 4. The van der Waals surface area contributed by atoms with Gasteiger partial charge in [0.25, 0.3) is 0 Å². The molecule has 0 atom stereocenters. The Balaban J connectivity index is 1.53. The highest BCUT2D eigenvalue weighted by atomic mass is 15.3. The van der Waals surface area contributed by atoms with E-state index in [-0.39, 0.29) is 0 Å². The van der Waals surface area contributed by atoms with E-state index in [2.05, 4.69) is 51.1 Å². The molecule has 0 amide bonds. The Hall–Kier alpha value is -0.850. The summed E-state index contributed by atoms with van der Waals surface area (Å²) in [5.41, 5.74) is 0. The molecule has 0 aliphatic carbocycles.